The minimum atomic E-state index is 0.0240. The van der Waals surface area contributed by atoms with Gasteiger partial charge < -0.3 is 9.88 Å². The molecule has 0 atom stereocenters. The highest BCUT2D eigenvalue weighted by molar-refractivity contribution is 9.10. The number of hydrogen-bond donors (Lipinski definition) is 2. The number of fused-ring (bicyclic) bond motifs is 3. The van der Waals surface area contributed by atoms with Crippen LogP contribution in [0.5, 0.6) is 0 Å². The van der Waals surface area contributed by atoms with Crippen LogP contribution in [0.4, 0.5) is 0 Å². The van der Waals surface area contributed by atoms with E-state index in [0.29, 0.717) is 5.52 Å². The molecule has 0 unspecified atom stereocenters. The second-order valence-electron chi connectivity index (χ2n) is 5.99. The van der Waals surface area contributed by atoms with Crippen LogP contribution in [-0.4, -0.2) is 34.2 Å². The maximum absolute atomic E-state index is 12.7. The van der Waals surface area contributed by atoms with E-state index in [4.69, 9.17) is 0 Å². The monoisotopic (exact) mass is 361 g/mol. The van der Waals surface area contributed by atoms with Crippen LogP contribution in [0, 0.1) is 0 Å². The minimum Gasteiger partial charge on any atom is -0.349 e. The Hall–Kier alpha value is -1.66. The number of aromatic nitrogens is 3. The number of nitrogens with one attached hydrogen (secondary N) is 2. The number of H-pyrrole nitrogens is 1. The number of likely N-dealkylation sites (tertiary alicyclic amines) is 1. The molecule has 114 valence electrons. The quantitative estimate of drug-likeness (QED) is 0.739. The van der Waals surface area contributed by atoms with E-state index < -0.39 is 0 Å². The summed E-state index contributed by atoms with van der Waals surface area (Å²) in [5.74, 6) is 0. The van der Waals surface area contributed by atoms with Gasteiger partial charge in [0.15, 0.2) is 0 Å². The number of halogens is 1. The number of hydrogen-bond acceptors (Lipinski definition) is 2. The summed E-state index contributed by atoms with van der Waals surface area (Å²) in [7, 11) is 0. The van der Waals surface area contributed by atoms with Crippen LogP contribution in [0.3, 0.4) is 0 Å². The number of quaternary nitrogens is 1. The van der Waals surface area contributed by atoms with Crippen LogP contribution in [0.25, 0.3) is 21.9 Å². The van der Waals surface area contributed by atoms with E-state index in [1.807, 2.05) is 18.2 Å². The zero-order valence-corrected chi connectivity index (χ0v) is 13.8. The number of aromatic amines is 1. The Kier molecular flexibility index (Phi) is 3.50. The fraction of sp³-hybridized carbons (Fsp3) is 0.375. The molecule has 2 aromatic heterocycles. The summed E-state index contributed by atoms with van der Waals surface area (Å²) in [6.07, 6.45) is 4.30. The van der Waals surface area contributed by atoms with Crippen molar-refractivity contribution in [1.82, 2.24) is 14.5 Å². The van der Waals surface area contributed by atoms with Crippen LogP contribution in [0.2, 0.25) is 0 Å². The maximum Gasteiger partial charge on any atom is 0.277 e. The molecule has 1 aliphatic rings. The van der Waals surface area contributed by atoms with E-state index in [9.17, 15) is 4.79 Å². The average molecular weight is 362 g/mol. The maximum atomic E-state index is 12.7. The second-order valence-corrected chi connectivity index (χ2v) is 6.90. The van der Waals surface area contributed by atoms with Gasteiger partial charge in [-0.3, -0.25) is 9.36 Å². The molecule has 6 heteroatoms. The summed E-state index contributed by atoms with van der Waals surface area (Å²) in [5.41, 5.74) is 2.33. The predicted molar refractivity (Wildman–Crippen MR) is 90.4 cm³/mol. The Bertz CT molecular complexity index is 892. The Morgan fingerprint density at radius 3 is 2.95 bits per heavy atom. The minimum absolute atomic E-state index is 0.0240. The van der Waals surface area contributed by atoms with Gasteiger partial charge in [-0.1, -0.05) is 15.9 Å². The van der Waals surface area contributed by atoms with E-state index in [1.165, 1.54) is 25.9 Å². The molecule has 0 spiro atoms. The number of benzene rings is 1. The molecule has 0 bridgehead atoms. The van der Waals surface area contributed by atoms with Crippen molar-refractivity contribution < 1.29 is 4.90 Å². The summed E-state index contributed by atoms with van der Waals surface area (Å²) in [4.78, 5) is 22.0. The summed E-state index contributed by atoms with van der Waals surface area (Å²) >= 11 is 3.47. The van der Waals surface area contributed by atoms with Crippen molar-refractivity contribution in [3.05, 3.63) is 39.4 Å². The van der Waals surface area contributed by atoms with Crippen molar-refractivity contribution in [2.24, 2.45) is 0 Å². The lowest BCUT2D eigenvalue weighted by atomic mass is 10.2. The molecule has 0 aliphatic carbocycles. The van der Waals surface area contributed by atoms with E-state index in [0.717, 1.165) is 34.0 Å². The molecular weight excluding hydrogens is 344 g/mol. The molecule has 1 fully saturated rings. The summed E-state index contributed by atoms with van der Waals surface area (Å²) < 4.78 is 2.72. The molecule has 0 radical (unpaired) electrons. The highest BCUT2D eigenvalue weighted by Gasteiger charge is 2.16. The largest absolute Gasteiger partial charge is 0.349 e. The molecular formula is C16H18BrN4O+. The lowest BCUT2D eigenvalue weighted by molar-refractivity contribution is -0.888. The Balaban J connectivity index is 1.73. The molecule has 2 N–H and O–H groups in total. The van der Waals surface area contributed by atoms with Crippen LogP contribution < -0.4 is 10.5 Å². The predicted octanol–water partition coefficient (Wildman–Crippen LogP) is 1.32. The van der Waals surface area contributed by atoms with Gasteiger partial charge in [-0.25, -0.2) is 4.98 Å². The smallest absolute Gasteiger partial charge is 0.277 e. The topological polar surface area (TPSA) is 55.1 Å². The fourth-order valence-electron chi connectivity index (χ4n) is 3.33. The Morgan fingerprint density at radius 1 is 1.32 bits per heavy atom. The van der Waals surface area contributed by atoms with Crippen LogP contribution in [0.15, 0.2) is 33.8 Å². The summed E-state index contributed by atoms with van der Waals surface area (Å²) in [6.45, 7) is 4.19. The number of nitrogens with zero attached hydrogens (tertiary/aromatic N) is 2. The molecule has 4 rings (SSSR count). The van der Waals surface area contributed by atoms with Gasteiger partial charge in [0.1, 0.15) is 11.0 Å². The first kappa shape index (κ1) is 14.0. The molecule has 5 nitrogen and oxygen atoms in total. The molecule has 1 aliphatic heterocycles. The SMILES string of the molecule is O=c1c2[nH]c3ccc(Br)cc3c2ncn1CC[NH+]1CCCC1. The molecule has 3 aromatic rings. The molecule has 22 heavy (non-hydrogen) atoms. The zero-order valence-electron chi connectivity index (χ0n) is 12.2. The van der Waals surface area contributed by atoms with E-state index in [-0.39, 0.29) is 5.56 Å². The van der Waals surface area contributed by atoms with Crippen molar-refractivity contribution in [3.63, 3.8) is 0 Å². The Morgan fingerprint density at radius 2 is 2.14 bits per heavy atom. The summed E-state index contributed by atoms with van der Waals surface area (Å²) in [6, 6.07) is 5.94. The normalized spacial score (nSPS) is 16.0. The Labute approximate surface area is 136 Å². The lowest BCUT2D eigenvalue weighted by Crippen LogP contribution is -3.10. The van der Waals surface area contributed by atoms with Crippen LogP contribution in [0.1, 0.15) is 12.8 Å². The molecule has 0 saturated carbocycles. The average Bonchev–Trinajstić information content (AvgIpc) is 3.14. The van der Waals surface area contributed by atoms with Crippen LogP contribution in [-0.2, 0) is 6.54 Å². The molecule has 1 aromatic carbocycles. The van der Waals surface area contributed by atoms with Crippen molar-refractivity contribution >= 4 is 37.9 Å². The van der Waals surface area contributed by atoms with Gasteiger partial charge in [0.05, 0.1) is 32.5 Å². The fourth-order valence-corrected chi connectivity index (χ4v) is 3.69. The standard InChI is InChI=1S/C16H17BrN4O/c17-11-3-4-13-12(9-11)14-15(19-13)16(22)21(10-18-14)8-7-20-5-1-2-6-20/h3-4,9-10,19H,1-2,5-8H2/p+1. The third-order valence-electron chi connectivity index (χ3n) is 4.55. The van der Waals surface area contributed by atoms with E-state index in [2.05, 4.69) is 25.9 Å². The van der Waals surface area contributed by atoms with Gasteiger partial charge in [0.25, 0.3) is 5.56 Å². The van der Waals surface area contributed by atoms with Gasteiger partial charge in [-0.15, -0.1) is 0 Å². The lowest BCUT2D eigenvalue weighted by Gasteiger charge is -2.12. The van der Waals surface area contributed by atoms with Crippen molar-refractivity contribution in [3.8, 4) is 0 Å². The number of rotatable bonds is 3. The van der Waals surface area contributed by atoms with Crippen LogP contribution >= 0.6 is 15.9 Å². The second kappa shape index (κ2) is 5.52. The highest BCUT2D eigenvalue weighted by Crippen LogP contribution is 2.24. The van der Waals surface area contributed by atoms with Crippen molar-refractivity contribution in [2.45, 2.75) is 19.4 Å². The van der Waals surface area contributed by atoms with Gasteiger partial charge in [0, 0.05) is 28.2 Å². The van der Waals surface area contributed by atoms with E-state index in [1.54, 1.807) is 15.8 Å². The first-order valence-corrected chi connectivity index (χ1v) is 8.51. The van der Waals surface area contributed by atoms with Crippen molar-refractivity contribution in [2.75, 3.05) is 19.6 Å². The van der Waals surface area contributed by atoms with Gasteiger partial charge in [0.2, 0.25) is 0 Å². The zero-order chi connectivity index (χ0) is 15.1. The first-order valence-electron chi connectivity index (χ1n) is 7.72. The third kappa shape index (κ3) is 2.36. The highest BCUT2D eigenvalue weighted by atomic mass is 79.9. The molecule has 0 amide bonds. The van der Waals surface area contributed by atoms with E-state index >= 15 is 0 Å². The van der Waals surface area contributed by atoms with Gasteiger partial charge >= 0.3 is 0 Å². The molecule has 1 saturated heterocycles. The third-order valence-corrected chi connectivity index (χ3v) is 5.04. The van der Waals surface area contributed by atoms with Gasteiger partial charge in [-0.2, -0.15) is 0 Å². The van der Waals surface area contributed by atoms with Crippen molar-refractivity contribution in [1.29, 1.82) is 0 Å². The van der Waals surface area contributed by atoms with Gasteiger partial charge in [-0.05, 0) is 18.2 Å². The summed E-state index contributed by atoms with van der Waals surface area (Å²) in [5, 5.41) is 0.985. The molecule has 3 heterocycles. The first-order chi connectivity index (χ1) is 10.7.